The molecule has 0 saturated carbocycles. The molecule has 2 aliphatic carbocycles. The Morgan fingerprint density at radius 3 is 2.53 bits per heavy atom. The quantitative estimate of drug-likeness (QED) is 0.272. The van der Waals surface area contributed by atoms with Crippen LogP contribution in [0.3, 0.4) is 0 Å². The molecule has 0 radical (unpaired) electrons. The minimum Gasteiger partial charge on any atom is -0.494 e. The summed E-state index contributed by atoms with van der Waals surface area (Å²) in [5, 5.41) is 32.1. The number of aliphatic hydroxyl groups is 2. The van der Waals surface area contributed by atoms with Crippen LogP contribution < -0.4 is 5.32 Å². The van der Waals surface area contributed by atoms with Crippen molar-refractivity contribution in [2.45, 2.75) is 104 Å². The average Bonchev–Trinajstić information content (AvgIpc) is 2.77. The van der Waals surface area contributed by atoms with Crippen molar-refractivity contribution in [1.29, 1.82) is 0 Å². The summed E-state index contributed by atoms with van der Waals surface area (Å²) in [6.07, 6.45) is 8.00. The van der Waals surface area contributed by atoms with Gasteiger partial charge in [-0.25, -0.2) is 0 Å². The number of nitrogens with one attached hydrogen (secondary N) is 1. The Hall–Kier alpha value is -2.12. The SMILES string of the molecule is C=C(O[C@H]1C[C@@H](C)C=C2C=C[C@H](C)[C@H](CC[C@@H](O)C[C@@H](O)CC(=O)N[C@@H](C)C(=O)O)C21)C(C)(C)CC. The average molecular weight is 506 g/mol. The van der Waals surface area contributed by atoms with Crippen molar-refractivity contribution in [3.05, 3.63) is 36.1 Å². The third-order valence-corrected chi connectivity index (χ3v) is 8.07. The van der Waals surface area contributed by atoms with Gasteiger partial charge in [0.15, 0.2) is 0 Å². The fraction of sp³-hybridized carbons (Fsp3) is 0.724. The van der Waals surface area contributed by atoms with Crippen LogP contribution in [0.1, 0.15) is 80.1 Å². The molecule has 1 amide bonds. The number of amides is 1. The van der Waals surface area contributed by atoms with Crippen LogP contribution >= 0.6 is 0 Å². The number of fused-ring (bicyclic) bond motifs is 1. The molecule has 36 heavy (non-hydrogen) atoms. The van der Waals surface area contributed by atoms with Crippen LogP contribution in [-0.2, 0) is 14.3 Å². The molecule has 0 heterocycles. The molecular formula is C29H47NO6. The fourth-order valence-electron chi connectivity index (χ4n) is 5.24. The number of carboxylic acids is 1. The number of carbonyl (C=O) groups excluding carboxylic acids is 1. The Kier molecular flexibility index (Phi) is 10.8. The van der Waals surface area contributed by atoms with Crippen LogP contribution in [0.15, 0.2) is 36.1 Å². The summed E-state index contributed by atoms with van der Waals surface area (Å²) in [6, 6.07) is -1.02. The van der Waals surface area contributed by atoms with Gasteiger partial charge in [0.1, 0.15) is 12.1 Å². The van der Waals surface area contributed by atoms with Crippen LogP contribution in [-0.4, -0.2) is 51.5 Å². The second-order valence-electron chi connectivity index (χ2n) is 11.6. The molecule has 1 unspecified atom stereocenters. The van der Waals surface area contributed by atoms with Gasteiger partial charge in [-0.1, -0.05) is 59.4 Å². The molecule has 0 saturated heterocycles. The third kappa shape index (κ3) is 8.20. The Morgan fingerprint density at radius 1 is 1.25 bits per heavy atom. The predicted octanol–water partition coefficient (Wildman–Crippen LogP) is 4.60. The van der Waals surface area contributed by atoms with E-state index in [4.69, 9.17) is 9.84 Å². The molecule has 0 spiro atoms. The Balaban J connectivity index is 2.02. The molecular weight excluding hydrogens is 458 g/mol. The zero-order valence-electron chi connectivity index (χ0n) is 22.9. The fourth-order valence-corrected chi connectivity index (χ4v) is 5.24. The highest BCUT2D eigenvalue weighted by Gasteiger charge is 2.41. The molecule has 2 rings (SSSR count). The first-order valence-electron chi connectivity index (χ1n) is 13.4. The number of hydrogen-bond acceptors (Lipinski definition) is 5. The number of aliphatic hydroxyl groups excluding tert-OH is 2. The number of aliphatic carboxylic acids is 1. The van der Waals surface area contributed by atoms with Gasteiger partial charge in [0.2, 0.25) is 5.91 Å². The summed E-state index contributed by atoms with van der Waals surface area (Å²) in [7, 11) is 0. The van der Waals surface area contributed by atoms with Crippen LogP contribution in [0.4, 0.5) is 0 Å². The zero-order chi connectivity index (χ0) is 27.2. The molecule has 0 aromatic heterocycles. The van der Waals surface area contributed by atoms with Crippen molar-refractivity contribution in [3.8, 4) is 0 Å². The maximum absolute atomic E-state index is 11.9. The molecule has 8 atom stereocenters. The van der Waals surface area contributed by atoms with Gasteiger partial charge in [0.05, 0.1) is 24.4 Å². The highest BCUT2D eigenvalue weighted by molar-refractivity contribution is 5.83. The zero-order valence-corrected chi connectivity index (χ0v) is 22.9. The summed E-state index contributed by atoms with van der Waals surface area (Å²) in [5.74, 6) is 0.365. The normalized spacial score (nSPS) is 28.3. The minimum atomic E-state index is -1.14. The number of allylic oxidation sites excluding steroid dienone is 4. The first kappa shape index (κ1) is 30.1. The van der Waals surface area contributed by atoms with Crippen LogP contribution in [0.25, 0.3) is 0 Å². The minimum absolute atomic E-state index is 0.0263. The lowest BCUT2D eigenvalue weighted by Gasteiger charge is -2.45. The van der Waals surface area contributed by atoms with Crippen LogP contribution in [0, 0.1) is 29.1 Å². The first-order chi connectivity index (χ1) is 16.7. The van der Waals surface area contributed by atoms with Crippen molar-refractivity contribution in [3.63, 3.8) is 0 Å². The lowest BCUT2D eigenvalue weighted by atomic mass is 9.65. The van der Waals surface area contributed by atoms with Gasteiger partial charge in [-0.2, -0.15) is 0 Å². The Morgan fingerprint density at radius 2 is 1.92 bits per heavy atom. The van der Waals surface area contributed by atoms with Gasteiger partial charge in [-0.05, 0) is 62.4 Å². The van der Waals surface area contributed by atoms with Gasteiger partial charge in [0.25, 0.3) is 0 Å². The van der Waals surface area contributed by atoms with Crippen molar-refractivity contribution in [2.24, 2.45) is 29.1 Å². The summed E-state index contributed by atoms with van der Waals surface area (Å²) < 4.78 is 6.57. The Bertz CT molecular complexity index is 847. The molecule has 0 bridgehead atoms. The largest absolute Gasteiger partial charge is 0.494 e. The standard InChI is InChI=1S/C29H47NO6/c1-8-29(6,7)20(5)36-25-14-17(2)13-21-10-9-18(3)24(27(21)25)12-11-22(31)15-23(32)16-26(33)30-19(4)28(34)35/h9-10,13,17-19,22-25,27,31-32H,5,8,11-12,14-16H2,1-4,6-7H3,(H,30,33)(H,34,35)/t17-,18-,19-,22+,23+,24-,25-,27?/m0/s1. The molecule has 0 aromatic carbocycles. The summed E-state index contributed by atoms with van der Waals surface area (Å²) >= 11 is 0. The van der Waals surface area contributed by atoms with Crippen LogP contribution in [0.2, 0.25) is 0 Å². The number of rotatable bonds is 13. The maximum Gasteiger partial charge on any atom is 0.325 e. The van der Waals surface area contributed by atoms with E-state index in [0.29, 0.717) is 18.3 Å². The molecule has 0 aromatic rings. The smallest absolute Gasteiger partial charge is 0.325 e. The molecule has 7 nitrogen and oxygen atoms in total. The molecule has 204 valence electrons. The van der Waals surface area contributed by atoms with E-state index >= 15 is 0 Å². The van der Waals surface area contributed by atoms with Gasteiger partial charge >= 0.3 is 5.97 Å². The van der Waals surface area contributed by atoms with Gasteiger partial charge < -0.3 is 25.4 Å². The molecule has 4 N–H and O–H groups in total. The van der Waals surface area contributed by atoms with Crippen molar-refractivity contribution in [2.75, 3.05) is 0 Å². The van der Waals surface area contributed by atoms with Gasteiger partial charge in [-0.15, -0.1) is 0 Å². The molecule has 0 aliphatic heterocycles. The molecule has 7 heteroatoms. The number of ether oxygens (including phenoxy) is 1. The van der Waals surface area contributed by atoms with E-state index in [-0.39, 0.29) is 36.2 Å². The lowest BCUT2D eigenvalue weighted by molar-refractivity contribution is -0.141. The topological polar surface area (TPSA) is 116 Å². The van der Waals surface area contributed by atoms with E-state index < -0.39 is 30.1 Å². The number of carbonyl (C=O) groups is 2. The first-order valence-corrected chi connectivity index (χ1v) is 13.4. The van der Waals surface area contributed by atoms with E-state index in [9.17, 15) is 19.8 Å². The highest BCUT2D eigenvalue weighted by atomic mass is 16.5. The van der Waals surface area contributed by atoms with Gasteiger partial charge in [-0.3, -0.25) is 9.59 Å². The van der Waals surface area contributed by atoms with Crippen LogP contribution in [0.5, 0.6) is 0 Å². The molecule has 0 fully saturated rings. The van der Waals surface area contributed by atoms with E-state index in [1.165, 1.54) is 12.5 Å². The second kappa shape index (κ2) is 12.9. The summed E-state index contributed by atoms with van der Waals surface area (Å²) in [6.45, 7) is 16.5. The highest BCUT2D eigenvalue weighted by Crippen LogP contribution is 2.46. The Labute approximate surface area is 216 Å². The maximum atomic E-state index is 11.9. The summed E-state index contributed by atoms with van der Waals surface area (Å²) in [4.78, 5) is 22.8. The van der Waals surface area contributed by atoms with Gasteiger partial charge in [0, 0.05) is 11.3 Å². The van der Waals surface area contributed by atoms with Crippen molar-refractivity contribution < 1.29 is 29.6 Å². The number of hydrogen-bond donors (Lipinski definition) is 4. The van der Waals surface area contributed by atoms with E-state index in [1.54, 1.807) is 0 Å². The monoisotopic (exact) mass is 505 g/mol. The van der Waals surface area contributed by atoms with E-state index in [1.807, 2.05) is 0 Å². The second-order valence-corrected chi connectivity index (χ2v) is 11.6. The number of carboxylic acid groups (broad SMARTS) is 1. The summed E-state index contributed by atoms with van der Waals surface area (Å²) in [5.41, 5.74) is 1.19. The predicted molar refractivity (Wildman–Crippen MR) is 141 cm³/mol. The third-order valence-electron chi connectivity index (χ3n) is 8.07. The molecule has 2 aliphatic rings. The lowest BCUT2D eigenvalue weighted by Crippen LogP contribution is -2.41. The van der Waals surface area contributed by atoms with Crippen molar-refractivity contribution >= 4 is 11.9 Å². The van der Waals surface area contributed by atoms with Crippen molar-refractivity contribution in [1.82, 2.24) is 5.32 Å². The van der Waals surface area contributed by atoms with E-state index in [0.717, 1.165) is 25.0 Å². The van der Waals surface area contributed by atoms with E-state index in [2.05, 4.69) is 64.7 Å².